The smallest absolute Gasteiger partial charge is 0.411 e. The molecule has 0 spiro atoms. The quantitative estimate of drug-likeness (QED) is 0.595. The Labute approximate surface area is 169 Å². The Bertz CT molecular complexity index is 1010. The second-order valence-corrected chi connectivity index (χ2v) is 6.30. The van der Waals surface area contributed by atoms with Crippen LogP contribution in [0.15, 0.2) is 48.5 Å². The molecule has 0 saturated heterocycles. The number of benzene rings is 2. The van der Waals surface area contributed by atoms with E-state index in [1.807, 2.05) is 36.4 Å². The third kappa shape index (κ3) is 4.51. The SMILES string of the molecule is CCOC(=O)Nc1c(C(=O)OCC)n(C)c2cc(OCc3ccccc3)ccc12. The second-order valence-electron chi connectivity index (χ2n) is 6.30. The summed E-state index contributed by atoms with van der Waals surface area (Å²) in [6, 6.07) is 15.3. The van der Waals surface area contributed by atoms with Crippen LogP contribution in [0.4, 0.5) is 10.5 Å². The molecule has 0 atom stereocenters. The van der Waals surface area contributed by atoms with Gasteiger partial charge in [-0.15, -0.1) is 0 Å². The number of rotatable bonds is 7. The second kappa shape index (κ2) is 9.14. The van der Waals surface area contributed by atoms with E-state index in [9.17, 15) is 9.59 Å². The first-order valence-electron chi connectivity index (χ1n) is 9.45. The van der Waals surface area contributed by atoms with E-state index in [0.717, 1.165) is 11.1 Å². The van der Waals surface area contributed by atoms with Gasteiger partial charge in [0.1, 0.15) is 12.4 Å². The van der Waals surface area contributed by atoms with Gasteiger partial charge >= 0.3 is 12.1 Å². The molecule has 0 saturated carbocycles. The van der Waals surface area contributed by atoms with E-state index < -0.39 is 12.1 Å². The molecule has 1 heterocycles. The first kappa shape index (κ1) is 20.3. The van der Waals surface area contributed by atoms with Crippen LogP contribution < -0.4 is 10.1 Å². The number of aromatic nitrogens is 1. The normalized spacial score (nSPS) is 10.6. The molecule has 0 aliphatic rings. The Morgan fingerprint density at radius 2 is 1.72 bits per heavy atom. The molecule has 0 aliphatic heterocycles. The van der Waals surface area contributed by atoms with Crippen LogP contribution >= 0.6 is 0 Å². The number of nitrogens with one attached hydrogen (secondary N) is 1. The van der Waals surface area contributed by atoms with Crippen LogP contribution in [0.25, 0.3) is 10.9 Å². The van der Waals surface area contributed by atoms with Crippen LogP contribution in [0.1, 0.15) is 29.9 Å². The zero-order valence-corrected chi connectivity index (χ0v) is 16.7. The monoisotopic (exact) mass is 396 g/mol. The molecule has 0 fully saturated rings. The molecule has 0 bridgehead atoms. The number of nitrogens with zero attached hydrogens (tertiary/aromatic N) is 1. The molecule has 1 amide bonds. The molecule has 7 nitrogen and oxygen atoms in total. The van der Waals surface area contributed by atoms with Crippen molar-refractivity contribution in [2.24, 2.45) is 7.05 Å². The van der Waals surface area contributed by atoms with Gasteiger partial charge in [-0.25, -0.2) is 9.59 Å². The summed E-state index contributed by atoms with van der Waals surface area (Å²) in [4.78, 5) is 24.5. The molecular weight excluding hydrogens is 372 g/mol. The van der Waals surface area contributed by atoms with Gasteiger partial charge in [-0.2, -0.15) is 0 Å². The lowest BCUT2D eigenvalue weighted by molar-refractivity contribution is 0.0517. The van der Waals surface area contributed by atoms with E-state index in [4.69, 9.17) is 14.2 Å². The maximum Gasteiger partial charge on any atom is 0.411 e. The van der Waals surface area contributed by atoms with Crippen molar-refractivity contribution < 1.29 is 23.8 Å². The van der Waals surface area contributed by atoms with Crippen LogP contribution in [0.2, 0.25) is 0 Å². The Morgan fingerprint density at radius 1 is 1.00 bits per heavy atom. The van der Waals surface area contributed by atoms with Crippen molar-refractivity contribution in [1.82, 2.24) is 4.57 Å². The highest BCUT2D eigenvalue weighted by atomic mass is 16.5. The summed E-state index contributed by atoms with van der Waals surface area (Å²) in [5.74, 6) is 0.129. The topological polar surface area (TPSA) is 78.8 Å². The zero-order valence-electron chi connectivity index (χ0n) is 16.7. The zero-order chi connectivity index (χ0) is 20.8. The molecule has 7 heteroatoms. The molecule has 152 valence electrons. The lowest BCUT2D eigenvalue weighted by Crippen LogP contribution is -2.17. The largest absolute Gasteiger partial charge is 0.489 e. The molecule has 0 radical (unpaired) electrons. The van der Waals surface area contributed by atoms with E-state index in [1.54, 1.807) is 37.6 Å². The van der Waals surface area contributed by atoms with E-state index in [-0.39, 0.29) is 18.9 Å². The molecule has 2 aromatic carbocycles. The van der Waals surface area contributed by atoms with E-state index in [2.05, 4.69) is 5.32 Å². The minimum absolute atomic E-state index is 0.225. The predicted octanol–water partition coefficient (Wildman–Crippen LogP) is 4.50. The van der Waals surface area contributed by atoms with Crippen molar-refractivity contribution in [1.29, 1.82) is 0 Å². The van der Waals surface area contributed by atoms with Crippen molar-refractivity contribution >= 4 is 28.7 Å². The molecule has 0 aliphatic carbocycles. The first-order valence-corrected chi connectivity index (χ1v) is 9.45. The van der Waals surface area contributed by atoms with Crippen LogP contribution in [-0.2, 0) is 23.1 Å². The van der Waals surface area contributed by atoms with Crippen molar-refractivity contribution in [3.63, 3.8) is 0 Å². The van der Waals surface area contributed by atoms with Gasteiger partial charge in [0, 0.05) is 18.5 Å². The predicted molar refractivity (Wildman–Crippen MR) is 110 cm³/mol. The van der Waals surface area contributed by atoms with Crippen LogP contribution in [-0.4, -0.2) is 29.8 Å². The number of hydrogen-bond acceptors (Lipinski definition) is 5. The highest BCUT2D eigenvalue weighted by molar-refractivity contribution is 6.10. The highest BCUT2D eigenvalue weighted by Crippen LogP contribution is 2.33. The van der Waals surface area contributed by atoms with Crippen molar-refractivity contribution in [3.8, 4) is 5.75 Å². The number of anilines is 1. The average molecular weight is 396 g/mol. The van der Waals surface area contributed by atoms with Gasteiger partial charge < -0.3 is 18.8 Å². The molecule has 3 aromatic rings. The number of esters is 1. The van der Waals surface area contributed by atoms with Gasteiger partial charge in [-0.05, 0) is 31.5 Å². The van der Waals surface area contributed by atoms with E-state index in [0.29, 0.717) is 23.4 Å². The molecule has 1 N–H and O–H groups in total. The summed E-state index contributed by atoms with van der Waals surface area (Å²) in [5.41, 5.74) is 2.38. The maximum atomic E-state index is 12.5. The summed E-state index contributed by atoms with van der Waals surface area (Å²) in [6.07, 6.45) is -0.630. The van der Waals surface area contributed by atoms with E-state index >= 15 is 0 Å². The number of hydrogen-bond donors (Lipinski definition) is 1. The minimum Gasteiger partial charge on any atom is -0.489 e. The fourth-order valence-electron chi connectivity index (χ4n) is 3.08. The third-order valence-electron chi connectivity index (χ3n) is 4.39. The summed E-state index contributed by atoms with van der Waals surface area (Å²) >= 11 is 0. The number of aryl methyl sites for hydroxylation is 1. The van der Waals surface area contributed by atoms with E-state index in [1.165, 1.54) is 0 Å². The summed E-state index contributed by atoms with van der Waals surface area (Å²) < 4.78 is 17.7. The first-order chi connectivity index (χ1) is 14.0. The molecular formula is C22H24N2O5. The lowest BCUT2D eigenvalue weighted by Gasteiger charge is -2.08. The van der Waals surface area contributed by atoms with Gasteiger partial charge in [-0.3, -0.25) is 5.32 Å². The van der Waals surface area contributed by atoms with Gasteiger partial charge in [0.25, 0.3) is 0 Å². The van der Waals surface area contributed by atoms with Crippen LogP contribution in [0.5, 0.6) is 5.75 Å². The molecule has 1 aromatic heterocycles. The van der Waals surface area contributed by atoms with Gasteiger partial charge in [-0.1, -0.05) is 30.3 Å². The minimum atomic E-state index is -0.630. The number of fused-ring (bicyclic) bond motifs is 1. The Kier molecular flexibility index (Phi) is 6.39. The third-order valence-corrected chi connectivity index (χ3v) is 4.39. The van der Waals surface area contributed by atoms with Crippen LogP contribution in [0.3, 0.4) is 0 Å². The van der Waals surface area contributed by atoms with Crippen molar-refractivity contribution in [2.45, 2.75) is 20.5 Å². The van der Waals surface area contributed by atoms with Crippen molar-refractivity contribution in [2.75, 3.05) is 18.5 Å². The van der Waals surface area contributed by atoms with Crippen LogP contribution in [0, 0.1) is 0 Å². The number of carbonyl (C=O) groups excluding carboxylic acids is 2. The lowest BCUT2D eigenvalue weighted by atomic mass is 10.2. The molecule has 0 unspecified atom stereocenters. The summed E-state index contributed by atoms with van der Waals surface area (Å²) in [6.45, 7) is 4.32. The molecule has 3 rings (SSSR count). The van der Waals surface area contributed by atoms with Gasteiger partial charge in [0.15, 0.2) is 5.69 Å². The number of carbonyl (C=O) groups is 2. The van der Waals surface area contributed by atoms with Crippen molar-refractivity contribution in [3.05, 3.63) is 59.8 Å². The maximum absolute atomic E-state index is 12.5. The Morgan fingerprint density at radius 3 is 2.41 bits per heavy atom. The highest BCUT2D eigenvalue weighted by Gasteiger charge is 2.24. The van der Waals surface area contributed by atoms with Gasteiger partial charge in [0.2, 0.25) is 0 Å². The number of ether oxygens (including phenoxy) is 3. The van der Waals surface area contributed by atoms with Gasteiger partial charge in [0.05, 0.1) is 24.4 Å². The average Bonchev–Trinajstić information content (AvgIpc) is 2.99. The Balaban J connectivity index is 1.97. The summed E-state index contributed by atoms with van der Waals surface area (Å²) in [7, 11) is 1.74. The fourth-order valence-corrected chi connectivity index (χ4v) is 3.08. The molecule has 29 heavy (non-hydrogen) atoms. The fraction of sp³-hybridized carbons (Fsp3) is 0.273. The number of amides is 1. The summed E-state index contributed by atoms with van der Waals surface area (Å²) in [5, 5.41) is 3.36. The standard InChI is InChI=1S/C22H24N2O5/c1-4-27-21(25)20-19(23-22(26)28-5-2)17-12-11-16(13-18(17)24(20)3)29-14-15-9-7-6-8-10-15/h6-13H,4-5,14H2,1-3H3,(H,23,26). The Hall–Kier alpha value is -3.48.